The number of benzene rings is 1. The van der Waals surface area contributed by atoms with Gasteiger partial charge in [0.15, 0.2) is 16.6 Å². The number of anilines is 2. The SMILES string of the molecule is COC(=O)c1nc(Nc2c(C)cccc2Cl)sc1C(C)=O. The van der Waals surface area contributed by atoms with Gasteiger partial charge >= 0.3 is 5.97 Å². The van der Waals surface area contributed by atoms with Crippen LogP contribution in [0.5, 0.6) is 0 Å². The number of hydrogen-bond acceptors (Lipinski definition) is 6. The third-order valence-corrected chi connectivity index (χ3v) is 4.17. The van der Waals surface area contributed by atoms with Crippen molar-refractivity contribution < 1.29 is 14.3 Å². The summed E-state index contributed by atoms with van der Waals surface area (Å²) in [7, 11) is 1.25. The first kappa shape index (κ1) is 15.5. The molecule has 1 aromatic carbocycles. The summed E-state index contributed by atoms with van der Waals surface area (Å²) < 4.78 is 4.64. The lowest BCUT2D eigenvalue weighted by molar-refractivity contribution is 0.0591. The van der Waals surface area contributed by atoms with Crippen molar-refractivity contribution in [3.05, 3.63) is 39.4 Å². The summed E-state index contributed by atoms with van der Waals surface area (Å²) in [5.74, 6) is -0.878. The summed E-state index contributed by atoms with van der Waals surface area (Å²) in [5, 5.41) is 4.00. The third kappa shape index (κ3) is 3.22. The van der Waals surface area contributed by atoms with Crippen LogP contribution in [0.15, 0.2) is 18.2 Å². The number of rotatable bonds is 4. The van der Waals surface area contributed by atoms with Gasteiger partial charge in [-0.05, 0) is 18.6 Å². The molecule has 7 heteroatoms. The van der Waals surface area contributed by atoms with E-state index in [1.165, 1.54) is 14.0 Å². The molecule has 0 spiro atoms. The van der Waals surface area contributed by atoms with Gasteiger partial charge in [-0.2, -0.15) is 0 Å². The van der Waals surface area contributed by atoms with E-state index in [4.69, 9.17) is 11.6 Å². The fraction of sp³-hybridized carbons (Fsp3) is 0.214. The average Bonchev–Trinajstić information content (AvgIpc) is 2.86. The van der Waals surface area contributed by atoms with E-state index in [2.05, 4.69) is 15.0 Å². The number of Topliss-reactive ketones (excluding diaryl/α,β-unsaturated/α-hetero) is 1. The highest BCUT2D eigenvalue weighted by Gasteiger charge is 2.22. The topological polar surface area (TPSA) is 68.3 Å². The molecule has 5 nitrogen and oxygen atoms in total. The number of aromatic nitrogens is 1. The van der Waals surface area contributed by atoms with E-state index in [1.807, 2.05) is 19.1 Å². The second-order valence-electron chi connectivity index (χ2n) is 4.30. The maximum Gasteiger partial charge on any atom is 0.358 e. The minimum atomic E-state index is -0.639. The van der Waals surface area contributed by atoms with Crippen molar-refractivity contribution in [3.63, 3.8) is 0 Å². The molecule has 0 atom stereocenters. The lowest BCUT2D eigenvalue weighted by Crippen LogP contribution is -2.07. The van der Waals surface area contributed by atoms with E-state index >= 15 is 0 Å². The molecule has 1 aromatic heterocycles. The Balaban J connectivity index is 2.42. The van der Waals surface area contributed by atoms with Gasteiger partial charge in [0.25, 0.3) is 0 Å². The van der Waals surface area contributed by atoms with Gasteiger partial charge in [-0.15, -0.1) is 0 Å². The summed E-state index contributed by atoms with van der Waals surface area (Å²) in [6.07, 6.45) is 0. The second-order valence-corrected chi connectivity index (χ2v) is 5.71. The molecule has 0 aliphatic rings. The fourth-order valence-electron chi connectivity index (χ4n) is 1.74. The van der Waals surface area contributed by atoms with E-state index < -0.39 is 5.97 Å². The Hall–Kier alpha value is -1.92. The number of nitrogens with one attached hydrogen (secondary N) is 1. The molecular weight excluding hydrogens is 312 g/mol. The molecule has 0 fully saturated rings. The number of para-hydroxylation sites is 1. The zero-order valence-corrected chi connectivity index (χ0v) is 13.3. The van der Waals surface area contributed by atoms with Gasteiger partial charge < -0.3 is 10.1 Å². The predicted molar refractivity (Wildman–Crippen MR) is 82.9 cm³/mol. The molecule has 0 saturated carbocycles. The molecule has 2 aromatic rings. The van der Waals surface area contributed by atoms with Gasteiger partial charge in [-0.25, -0.2) is 9.78 Å². The third-order valence-electron chi connectivity index (χ3n) is 2.78. The number of thiazole rings is 1. The van der Waals surface area contributed by atoms with Crippen LogP contribution in [0.2, 0.25) is 5.02 Å². The lowest BCUT2D eigenvalue weighted by atomic mass is 10.2. The van der Waals surface area contributed by atoms with Crippen molar-refractivity contribution in [2.75, 3.05) is 12.4 Å². The summed E-state index contributed by atoms with van der Waals surface area (Å²) in [6.45, 7) is 3.28. The maximum absolute atomic E-state index is 11.7. The van der Waals surface area contributed by atoms with E-state index in [0.717, 1.165) is 16.9 Å². The smallest absolute Gasteiger partial charge is 0.358 e. The zero-order chi connectivity index (χ0) is 15.6. The van der Waals surface area contributed by atoms with Crippen LogP contribution in [0.25, 0.3) is 0 Å². The van der Waals surface area contributed by atoms with Crippen LogP contribution in [0, 0.1) is 6.92 Å². The molecule has 0 radical (unpaired) electrons. The predicted octanol–water partition coefficient (Wildman–Crippen LogP) is 3.84. The number of halogens is 1. The van der Waals surface area contributed by atoms with E-state index in [-0.39, 0.29) is 16.4 Å². The van der Waals surface area contributed by atoms with Crippen molar-refractivity contribution in [3.8, 4) is 0 Å². The number of ketones is 1. The summed E-state index contributed by atoms with van der Waals surface area (Å²) >= 11 is 7.23. The van der Waals surface area contributed by atoms with Gasteiger partial charge in [-0.1, -0.05) is 35.1 Å². The van der Waals surface area contributed by atoms with Gasteiger partial charge in [-0.3, -0.25) is 4.79 Å². The number of aryl methyl sites for hydroxylation is 1. The first-order valence-corrected chi connectivity index (χ1v) is 7.25. The molecule has 0 aliphatic carbocycles. The van der Waals surface area contributed by atoms with Crippen molar-refractivity contribution >= 4 is 45.5 Å². The van der Waals surface area contributed by atoms with Crippen LogP contribution in [0.1, 0.15) is 32.6 Å². The van der Waals surface area contributed by atoms with E-state index in [1.54, 1.807) is 6.07 Å². The molecule has 0 unspecified atom stereocenters. The average molecular weight is 325 g/mol. The maximum atomic E-state index is 11.7. The highest BCUT2D eigenvalue weighted by molar-refractivity contribution is 7.17. The first-order valence-electron chi connectivity index (χ1n) is 6.06. The van der Waals surface area contributed by atoms with Crippen LogP contribution < -0.4 is 5.32 Å². The zero-order valence-electron chi connectivity index (χ0n) is 11.7. The minimum absolute atomic E-state index is 0.0159. The highest BCUT2D eigenvalue weighted by Crippen LogP contribution is 2.32. The number of nitrogens with zero attached hydrogens (tertiary/aromatic N) is 1. The number of carbonyl (C=O) groups is 2. The largest absolute Gasteiger partial charge is 0.464 e. The number of hydrogen-bond donors (Lipinski definition) is 1. The molecule has 0 bridgehead atoms. The molecule has 110 valence electrons. The van der Waals surface area contributed by atoms with Gasteiger partial charge in [0.1, 0.15) is 4.88 Å². The van der Waals surface area contributed by atoms with Crippen LogP contribution in [0.3, 0.4) is 0 Å². The monoisotopic (exact) mass is 324 g/mol. The number of methoxy groups -OCH3 is 1. The normalized spacial score (nSPS) is 10.3. The van der Waals surface area contributed by atoms with Crippen LogP contribution in [0.4, 0.5) is 10.8 Å². The number of carbonyl (C=O) groups excluding carboxylic acids is 2. The van der Waals surface area contributed by atoms with E-state index in [0.29, 0.717) is 15.8 Å². The standard InChI is InChI=1S/C14H13ClN2O3S/c1-7-5-4-6-9(15)10(7)16-14-17-11(13(19)20-3)12(21-14)8(2)18/h4-6H,1-3H3,(H,16,17). The minimum Gasteiger partial charge on any atom is -0.464 e. The van der Waals surface area contributed by atoms with Crippen LogP contribution >= 0.6 is 22.9 Å². The Bertz CT molecular complexity index is 692. The summed E-state index contributed by atoms with van der Waals surface area (Å²) in [6, 6.07) is 5.48. The van der Waals surface area contributed by atoms with Crippen molar-refractivity contribution in [1.29, 1.82) is 0 Å². The Morgan fingerprint density at radius 2 is 2.10 bits per heavy atom. The molecule has 1 N–H and O–H groups in total. The number of esters is 1. The molecule has 1 heterocycles. The summed E-state index contributed by atoms with van der Waals surface area (Å²) in [5.41, 5.74) is 1.64. The molecular formula is C14H13ClN2O3S. The van der Waals surface area contributed by atoms with Gasteiger partial charge in [0.2, 0.25) is 0 Å². The Labute approximate surface area is 130 Å². The molecule has 0 aliphatic heterocycles. The molecule has 0 saturated heterocycles. The molecule has 2 rings (SSSR count). The highest BCUT2D eigenvalue weighted by atomic mass is 35.5. The number of ether oxygens (including phenoxy) is 1. The van der Waals surface area contributed by atoms with Crippen molar-refractivity contribution in [2.45, 2.75) is 13.8 Å². The van der Waals surface area contributed by atoms with Gasteiger partial charge in [0, 0.05) is 6.92 Å². The Kier molecular flexibility index (Phi) is 4.59. The van der Waals surface area contributed by atoms with Gasteiger partial charge in [0.05, 0.1) is 17.8 Å². The molecule has 0 amide bonds. The summed E-state index contributed by atoms with van der Waals surface area (Å²) in [4.78, 5) is 27.6. The first-order chi connectivity index (χ1) is 9.93. The lowest BCUT2D eigenvalue weighted by Gasteiger charge is -2.08. The van der Waals surface area contributed by atoms with E-state index in [9.17, 15) is 9.59 Å². The van der Waals surface area contributed by atoms with Crippen LogP contribution in [-0.4, -0.2) is 23.8 Å². The Morgan fingerprint density at radius 1 is 1.38 bits per heavy atom. The Morgan fingerprint density at radius 3 is 2.67 bits per heavy atom. The van der Waals surface area contributed by atoms with Crippen molar-refractivity contribution in [1.82, 2.24) is 4.98 Å². The quantitative estimate of drug-likeness (QED) is 0.683. The second kappa shape index (κ2) is 6.24. The van der Waals surface area contributed by atoms with Crippen LogP contribution in [-0.2, 0) is 4.74 Å². The fourth-order valence-corrected chi connectivity index (χ4v) is 2.87. The van der Waals surface area contributed by atoms with Crippen molar-refractivity contribution in [2.24, 2.45) is 0 Å². The molecule has 21 heavy (non-hydrogen) atoms.